The van der Waals surface area contributed by atoms with Gasteiger partial charge in [-0.25, -0.2) is 0 Å². The standard InChI is InChI=1S/C15H22N2O4/c18-8-1-5-16-6-4-12-2-3-14-13(10-12)17(7-9-21-14)11-15(19)20/h2-3,10,16,18H,1,4-9,11H2,(H,19,20). The number of carbonyl (C=O) groups is 1. The van der Waals surface area contributed by atoms with Gasteiger partial charge in [0.1, 0.15) is 18.9 Å². The molecule has 0 fully saturated rings. The van der Waals surface area contributed by atoms with Crippen LogP contribution in [0.15, 0.2) is 18.2 Å². The van der Waals surface area contributed by atoms with Crippen molar-refractivity contribution in [1.29, 1.82) is 0 Å². The largest absolute Gasteiger partial charge is 0.490 e. The zero-order valence-corrected chi connectivity index (χ0v) is 12.0. The Morgan fingerprint density at radius 1 is 1.38 bits per heavy atom. The van der Waals surface area contributed by atoms with Crippen LogP contribution in [0.5, 0.6) is 5.75 Å². The SMILES string of the molecule is O=C(O)CN1CCOc2ccc(CCNCCCO)cc21. The lowest BCUT2D eigenvalue weighted by Gasteiger charge is -2.30. The van der Waals surface area contributed by atoms with Gasteiger partial charge in [0.25, 0.3) is 0 Å². The molecule has 6 heteroatoms. The molecule has 0 spiro atoms. The lowest BCUT2D eigenvalue weighted by atomic mass is 10.1. The van der Waals surface area contributed by atoms with Crippen molar-refractivity contribution < 1.29 is 19.7 Å². The van der Waals surface area contributed by atoms with E-state index >= 15 is 0 Å². The first-order valence-corrected chi connectivity index (χ1v) is 7.25. The van der Waals surface area contributed by atoms with Crippen LogP contribution in [0.4, 0.5) is 5.69 Å². The molecule has 0 aliphatic carbocycles. The average molecular weight is 294 g/mol. The van der Waals surface area contributed by atoms with Gasteiger partial charge < -0.3 is 25.2 Å². The second-order valence-corrected chi connectivity index (χ2v) is 5.04. The molecule has 21 heavy (non-hydrogen) atoms. The monoisotopic (exact) mass is 294 g/mol. The van der Waals surface area contributed by atoms with Crippen LogP contribution in [0.25, 0.3) is 0 Å². The van der Waals surface area contributed by atoms with Crippen molar-refractivity contribution in [1.82, 2.24) is 5.32 Å². The summed E-state index contributed by atoms with van der Waals surface area (Å²) in [6, 6.07) is 5.92. The number of nitrogens with zero attached hydrogens (tertiary/aromatic N) is 1. The predicted molar refractivity (Wildman–Crippen MR) is 80.1 cm³/mol. The van der Waals surface area contributed by atoms with Crippen LogP contribution < -0.4 is 15.0 Å². The van der Waals surface area contributed by atoms with Gasteiger partial charge in [-0.2, -0.15) is 0 Å². The summed E-state index contributed by atoms with van der Waals surface area (Å²) in [6.07, 6.45) is 1.62. The van der Waals surface area contributed by atoms with Gasteiger partial charge in [0.15, 0.2) is 0 Å². The van der Waals surface area contributed by atoms with Gasteiger partial charge in [0, 0.05) is 6.61 Å². The van der Waals surface area contributed by atoms with Crippen molar-refractivity contribution in [2.45, 2.75) is 12.8 Å². The summed E-state index contributed by atoms with van der Waals surface area (Å²) in [5.41, 5.74) is 2.00. The quantitative estimate of drug-likeness (QED) is 0.605. The predicted octanol–water partition coefficient (Wildman–Crippen LogP) is 0.484. The number of hydrogen-bond donors (Lipinski definition) is 3. The van der Waals surface area contributed by atoms with E-state index < -0.39 is 5.97 Å². The number of ether oxygens (including phenoxy) is 1. The third-order valence-corrected chi connectivity index (χ3v) is 3.41. The lowest BCUT2D eigenvalue weighted by molar-refractivity contribution is -0.135. The number of aliphatic carboxylic acids is 1. The maximum absolute atomic E-state index is 10.9. The third kappa shape index (κ3) is 4.61. The molecular formula is C15H22N2O4. The maximum atomic E-state index is 10.9. The Balaban J connectivity index is 1.97. The number of hydrogen-bond acceptors (Lipinski definition) is 5. The summed E-state index contributed by atoms with van der Waals surface area (Å²) in [5, 5.41) is 20.9. The highest BCUT2D eigenvalue weighted by atomic mass is 16.5. The van der Waals surface area contributed by atoms with E-state index in [2.05, 4.69) is 5.32 Å². The topological polar surface area (TPSA) is 82.0 Å². The number of aliphatic hydroxyl groups excluding tert-OH is 1. The van der Waals surface area contributed by atoms with E-state index in [-0.39, 0.29) is 13.2 Å². The summed E-state index contributed by atoms with van der Waals surface area (Å²) in [5.74, 6) is -0.0848. The van der Waals surface area contributed by atoms with Crippen LogP contribution in [0, 0.1) is 0 Å². The molecule has 1 aromatic carbocycles. The van der Waals surface area contributed by atoms with Crippen LogP contribution in [0.2, 0.25) is 0 Å². The molecule has 0 aromatic heterocycles. The summed E-state index contributed by atoms with van der Waals surface area (Å²) in [7, 11) is 0. The van der Waals surface area contributed by atoms with Crippen LogP contribution in [-0.4, -0.2) is 55.6 Å². The number of rotatable bonds is 8. The van der Waals surface area contributed by atoms with Gasteiger partial charge in [-0.1, -0.05) is 6.07 Å². The molecule has 0 atom stereocenters. The van der Waals surface area contributed by atoms with Crippen LogP contribution in [0.1, 0.15) is 12.0 Å². The zero-order chi connectivity index (χ0) is 15.1. The average Bonchev–Trinajstić information content (AvgIpc) is 2.47. The Morgan fingerprint density at radius 2 is 2.24 bits per heavy atom. The fraction of sp³-hybridized carbons (Fsp3) is 0.533. The molecule has 0 saturated carbocycles. The minimum Gasteiger partial charge on any atom is -0.490 e. The van der Waals surface area contributed by atoms with Crippen LogP contribution in [-0.2, 0) is 11.2 Å². The van der Waals surface area contributed by atoms with Gasteiger partial charge in [0.05, 0.1) is 12.2 Å². The van der Waals surface area contributed by atoms with E-state index in [1.165, 1.54) is 0 Å². The molecular weight excluding hydrogens is 272 g/mol. The first-order chi connectivity index (χ1) is 10.2. The molecule has 116 valence electrons. The molecule has 1 aromatic rings. The maximum Gasteiger partial charge on any atom is 0.323 e. The van der Waals surface area contributed by atoms with E-state index in [9.17, 15) is 4.79 Å². The molecule has 1 aliphatic rings. The van der Waals surface area contributed by atoms with Gasteiger partial charge in [0.2, 0.25) is 0 Å². The Hall–Kier alpha value is -1.79. The van der Waals surface area contributed by atoms with Gasteiger partial charge in [-0.3, -0.25) is 4.79 Å². The highest BCUT2D eigenvalue weighted by Crippen LogP contribution is 2.32. The summed E-state index contributed by atoms with van der Waals surface area (Å²) >= 11 is 0. The molecule has 1 heterocycles. The highest BCUT2D eigenvalue weighted by Gasteiger charge is 2.20. The van der Waals surface area contributed by atoms with E-state index in [1.54, 1.807) is 0 Å². The Labute approximate surface area is 124 Å². The molecule has 2 rings (SSSR count). The van der Waals surface area contributed by atoms with Crippen molar-refractivity contribution in [3.63, 3.8) is 0 Å². The van der Waals surface area contributed by atoms with E-state index in [0.717, 1.165) is 42.9 Å². The molecule has 6 nitrogen and oxygen atoms in total. The number of carboxylic acids is 1. The summed E-state index contributed by atoms with van der Waals surface area (Å²) in [6.45, 7) is 2.94. The second kappa shape index (κ2) is 7.85. The fourth-order valence-corrected chi connectivity index (χ4v) is 2.36. The molecule has 0 amide bonds. The minimum absolute atomic E-state index is 0.00539. The van der Waals surface area contributed by atoms with Crippen LogP contribution in [0.3, 0.4) is 0 Å². The van der Waals surface area contributed by atoms with E-state index in [1.807, 2.05) is 23.1 Å². The first kappa shape index (κ1) is 15.6. The van der Waals surface area contributed by atoms with E-state index in [4.69, 9.17) is 14.9 Å². The molecule has 0 bridgehead atoms. The number of anilines is 1. The lowest BCUT2D eigenvalue weighted by Crippen LogP contribution is -2.36. The van der Waals surface area contributed by atoms with Gasteiger partial charge in [-0.05, 0) is 43.6 Å². The Bertz CT molecular complexity index is 479. The van der Waals surface area contributed by atoms with Gasteiger partial charge in [-0.15, -0.1) is 0 Å². The summed E-state index contributed by atoms with van der Waals surface area (Å²) in [4.78, 5) is 12.8. The van der Waals surface area contributed by atoms with Crippen molar-refractivity contribution in [3.05, 3.63) is 23.8 Å². The van der Waals surface area contributed by atoms with Gasteiger partial charge >= 0.3 is 5.97 Å². The fourth-order valence-electron chi connectivity index (χ4n) is 2.36. The minimum atomic E-state index is -0.834. The number of fused-ring (bicyclic) bond motifs is 1. The number of aliphatic hydroxyl groups is 1. The van der Waals surface area contributed by atoms with E-state index in [0.29, 0.717) is 13.2 Å². The number of nitrogens with one attached hydrogen (secondary N) is 1. The second-order valence-electron chi connectivity index (χ2n) is 5.04. The molecule has 0 radical (unpaired) electrons. The molecule has 0 unspecified atom stereocenters. The number of benzene rings is 1. The molecule has 3 N–H and O–H groups in total. The smallest absolute Gasteiger partial charge is 0.323 e. The van der Waals surface area contributed by atoms with Crippen molar-refractivity contribution in [2.24, 2.45) is 0 Å². The Morgan fingerprint density at radius 3 is 3.00 bits per heavy atom. The first-order valence-electron chi connectivity index (χ1n) is 7.25. The highest BCUT2D eigenvalue weighted by molar-refractivity contribution is 5.75. The van der Waals surface area contributed by atoms with Crippen molar-refractivity contribution >= 4 is 11.7 Å². The van der Waals surface area contributed by atoms with Crippen molar-refractivity contribution in [2.75, 3.05) is 44.3 Å². The molecule has 1 aliphatic heterocycles. The zero-order valence-electron chi connectivity index (χ0n) is 12.0. The third-order valence-electron chi connectivity index (χ3n) is 3.41. The number of carboxylic acid groups (broad SMARTS) is 1. The molecule has 0 saturated heterocycles. The van der Waals surface area contributed by atoms with Crippen LogP contribution >= 0.6 is 0 Å². The Kier molecular flexibility index (Phi) is 5.83. The van der Waals surface area contributed by atoms with Crippen molar-refractivity contribution in [3.8, 4) is 5.75 Å². The normalized spacial score (nSPS) is 13.7. The summed E-state index contributed by atoms with van der Waals surface area (Å²) < 4.78 is 5.57.